The molecule has 0 bridgehead atoms. The monoisotopic (exact) mass is 226 g/mol. The minimum atomic E-state index is -0.719. The molecule has 5 nitrogen and oxygen atoms in total. The molecule has 1 aliphatic carbocycles. The van der Waals surface area contributed by atoms with Crippen LogP contribution in [0.15, 0.2) is 0 Å². The second kappa shape index (κ2) is 4.72. The molecule has 2 aliphatic rings. The largest absolute Gasteiger partial charge is 0.446 e. The van der Waals surface area contributed by atoms with Crippen molar-refractivity contribution in [1.82, 2.24) is 4.90 Å². The molecule has 0 atom stereocenters. The zero-order valence-corrected chi connectivity index (χ0v) is 9.35. The highest BCUT2D eigenvalue weighted by Crippen LogP contribution is 2.29. The fourth-order valence-electron chi connectivity index (χ4n) is 2.27. The maximum Gasteiger partial charge on any atom is 0.404 e. The summed E-state index contributed by atoms with van der Waals surface area (Å²) in [6.45, 7) is 1.38. The lowest BCUT2D eigenvalue weighted by Gasteiger charge is -2.36. The van der Waals surface area contributed by atoms with Gasteiger partial charge in [0.25, 0.3) is 0 Å². The maximum absolute atomic E-state index is 11.9. The van der Waals surface area contributed by atoms with E-state index < -0.39 is 6.09 Å². The van der Waals surface area contributed by atoms with Crippen LogP contribution in [0.3, 0.4) is 0 Å². The van der Waals surface area contributed by atoms with E-state index in [0.717, 1.165) is 12.8 Å². The van der Waals surface area contributed by atoms with Crippen molar-refractivity contribution < 1.29 is 14.3 Å². The van der Waals surface area contributed by atoms with Gasteiger partial charge in [-0.05, 0) is 12.8 Å². The first-order valence-corrected chi connectivity index (χ1v) is 5.91. The summed E-state index contributed by atoms with van der Waals surface area (Å²) in [4.78, 5) is 24.4. The third-order valence-electron chi connectivity index (χ3n) is 3.49. The summed E-state index contributed by atoms with van der Waals surface area (Å²) >= 11 is 0. The number of carbonyl (C=O) groups is 2. The van der Waals surface area contributed by atoms with E-state index in [1.807, 2.05) is 4.90 Å². The molecule has 0 aromatic heterocycles. The van der Waals surface area contributed by atoms with Gasteiger partial charge in [-0.15, -0.1) is 0 Å². The zero-order valence-electron chi connectivity index (χ0n) is 9.35. The van der Waals surface area contributed by atoms with Gasteiger partial charge in [-0.2, -0.15) is 0 Å². The van der Waals surface area contributed by atoms with Crippen molar-refractivity contribution in [3.05, 3.63) is 0 Å². The third-order valence-corrected chi connectivity index (χ3v) is 3.49. The molecule has 1 aliphatic heterocycles. The van der Waals surface area contributed by atoms with Gasteiger partial charge in [0.05, 0.1) is 0 Å². The predicted octanol–water partition coefficient (Wildman–Crippen LogP) is 0.873. The Hall–Kier alpha value is -1.26. The molecular formula is C11H18N2O3. The molecule has 1 heterocycles. The van der Waals surface area contributed by atoms with Gasteiger partial charge < -0.3 is 15.4 Å². The summed E-state index contributed by atoms with van der Waals surface area (Å²) < 4.78 is 4.92. The SMILES string of the molecule is NC(=O)OC1CCN(C(=O)C2CCC2)CC1. The van der Waals surface area contributed by atoms with Crippen molar-refractivity contribution in [3.8, 4) is 0 Å². The molecular weight excluding hydrogens is 208 g/mol. The summed E-state index contributed by atoms with van der Waals surface area (Å²) in [6, 6.07) is 0. The molecule has 0 unspecified atom stereocenters. The second-order valence-corrected chi connectivity index (χ2v) is 4.59. The highest BCUT2D eigenvalue weighted by molar-refractivity contribution is 5.79. The van der Waals surface area contributed by atoms with E-state index in [1.165, 1.54) is 6.42 Å². The smallest absolute Gasteiger partial charge is 0.404 e. The molecule has 16 heavy (non-hydrogen) atoms. The third kappa shape index (κ3) is 2.46. The Labute approximate surface area is 94.9 Å². The van der Waals surface area contributed by atoms with Crippen molar-refractivity contribution in [2.75, 3.05) is 13.1 Å². The van der Waals surface area contributed by atoms with Gasteiger partial charge >= 0.3 is 6.09 Å². The van der Waals surface area contributed by atoms with Crippen LogP contribution in [0.5, 0.6) is 0 Å². The van der Waals surface area contributed by atoms with Crippen LogP contribution in [0.4, 0.5) is 4.79 Å². The number of likely N-dealkylation sites (tertiary alicyclic amines) is 1. The van der Waals surface area contributed by atoms with Crippen LogP contribution in [0, 0.1) is 5.92 Å². The molecule has 2 fully saturated rings. The van der Waals surface area contributed by atoms with Crippen LogP contribution in [-0.2, 0) is 9.53 Å². The molecule has 0 aromatic carbocycles. The second-order valence-electron chi connectivity index (χ2n) is 4.59. The quantitative estimate of drug-likeness (QED) is 0.759. The lowest BCUT2D eigenvalue weighted by Crippen LogP contribution is -2.45. The molecule has 0 radical (unpaired) electrons. The van der Waals surface area contributed by atoms with E-state index in [9.17, 15) is 9.59 Å². The first-order valence-electron chi connectivity index (χ1n) is 5.91. The lowest BCUT2D eigenvalue weighted by molar-refractivity contribution is -0.140. The standard InChI is InChI=1S/C11H18N2O3/c12-11(15)16-9-4-6-13(7-5-9)10(14)8-2-1-3-8/h8-9H,1-7H2,(H2,12,15). The summed E-state index contributed by atoms with van der Waals surface area (Å²) in [7, 11) is 0. The summed E-state index contributed by atoms with van der Waals surface area (Å²) in [5, 5.41) is 0. The summed E-state index contributed by atoms with van der Waals surface area (Å²) in [5.74, 6) is 0.539. The van der Waals surface area contributed by atoms with E-state index in [0.29, 0.717) is 25.9 Å². The highest BCUT2D eigenvalue weighted by atomic mass is 16.6. The average molecular weight is 226 g/mol. The van der Waals surface area contributed by atoms with Crippen LogP contribution >= 0.6 is 0 Å². The number of hydrogen-bond acceptors (Lipinski definition) is 3. The number of hydrogen-bond donors (Lipinski definition) is 1. The van der Waals surface area contributed by atoms with Crippen molar-refractivity contribution in [2.45, 2.75) is 38.2 Å². The normalized spacial score (nSPS) is 22.6. The van der Waals surface area contributed by atoms with E-state index in [1.54, 1.807) is 0 Å². The molecule has 2 amide bonds. The van der Waals surface area contributed by atoms with Crippen LogP contribution < -0.4 is 5.73 Å². The highest BCUT2D eigenvalue weighted by Gasteiger charge is 2.32. The molecule has 0 aromatic rings. The van der Waals surface area contributed by atoms with E-state index in [-0.39, 0.29) is 17.9 Å². The summed E-state index contributed by atoms with van der Waals surface area (Å²) in [6.07, 6.45) is 3.85. The van der Waals surface area contributed by atoms with Crippen LogP contribution in [0.2, 0.25) is 0 Å². The van der Waals surface area contributed by atoms with Gasteiger partial charge in [0, 0.05) is 31.8 Å². The Bertz CT molecular complexity index is 281. The van der Waals surface area contributed by atoms with Crippen molar-refractivity contribution in [3.63, 3.8) is 0 Å². The molecule has 90 valence electrons. The van der Waals surface area contributed by atoms with Gasteiger partial charge in [0.2, 0.25) is 5.91 Å². The first-order chi connectivity index (χ1) is 7.66. The van der Waals surface area contributed by atoms with Crippen LogP contribution in [-0.4, -0.2) is 36.1 Å². The predicted molar refractivity (Wildman–Crippen MR) is 57.6 cm³/mol. The van der Waals surface area contributed by atoms with Gasteiger partial charge in [0.1, 0.15) is 6.10 Å². The topological polar surface area (TPSA) is 72.6 Å². The Morgan fingerprint density at radius 2 is 1.75 bits per heavy atom. The number of primary amides is 1. The minimum Gasteiger partial charge on any atom is -0.446 e. The molecule has 0 spiro atoms. The Morgan fingerprint density at radius 3 is 2.19 bits per heavy atom. The van der Waals surface area contributed by atoms with Crippen LogP contribution in [0.1, 0.15) is 32.1 Å². The van der Waals surface area contributed by atoms with E-state index >= 15 is 0 Å². The Morgan fingerprint density at radius 1 is 1.12 bits per heavy atom. The minimum absolute atomic E-state index is 0.108. The van der Waals surface area contributed by atoms with Gasteiger partial charge in [0.15, 0.2) is 0 Å². The number of ether oxygens (including phenoxy) is 1. The van der Waals surface area contributed by atoms with Crippen molar-refractivity contribution in [2.24, 2.45) is 11.7 Å². The number of carbonyl (C=O) groups excluding carboxylic acids is 2. The number of amides is 2. The first kappa shape index (κ1) is 11.2. The molecule has 2 N–H and O–H groups in total. The number of nitrogens with two attached hydrogens (primary N) is 1. The fraction of sp³-hybridized carbons (Fsp3) is 0.818. The van der Waals surface area contributed by atoms with Gasteiger partial charge in [-0.1, -0.05) is 6.42 Å². The van der Waals surface area contributed by atoms with Crippen molar-refractivity contribution in [1.29, 1.82) is 0 Å². The van der Waals surface area contributed by atoms with Gasteiger partial charge in [-0.3, -0.25) is 4.79 Å². The van der Waals surface area contributed by atoms with Gasteiger partial charge in [-0.25, -0.2) is 4.79 Å². The molecule has 2 rings (SSSR count). The van der Waals surface area contributed by atoms with E-state index in [4.69, 9.17) is 10.5 Å². The molecule has 1 saturated carbocycles. The Balaban J connectivity index is 1.76. The number of nitrogens with zero attached hydrogens (tertiary/aromatic N) is 1. The number of rotatable bonds is 2. The summed E-state index contributed by atoms with van der Waals surface area (Å²) in [5.41, 5.74) is 4.95. The maximum atomic E-state index is 11.9. The fourth-order valence-corrected chi connectivity index (χ4v) is 2.27. The molecule has 1 saturated heterocycles. The van der Waals surface area contributed by atoms with Crippen LogP contribution in [0.25, 0.3) is 0 Å². The lowest BCUT2D eigenvalue weighted by atomic mass is 9.84. The number of piperidine rings is 1. The zero-order chi connectivity index (χ0) is 11.5. The van der Waals surface area contributed by atoms with Crippen molar-refractivity contribution >= 4 is 12.0 Å². The Kier molecular flexibility index (Phi) is 3.31. The average Bonchev–Trinajstić information content (AvgIpc) is 2.15. The van der Waals surface area contributed by atoms with E-state index in [2.05, 4.69) is 0 Å². The molecule has 5 heteroatoms.